The zero-order valence-corrected chi connectivity index (χ0v) is 38.8. The number of aryl methyl sites for hydroxylation is 1. The molecule has 3 aromatic heterocycles. The molecule has 19 heteroatoms. The van der Waals surface area contributed by atoms with Gasteiger partial charge in [-0.05, 0) is 66.4 Å². The summed E-state index contributed by atoms with van der Waals surface area (Å²) in [5.41, 5.74) is 11.0. The van der Waals surface area contributed by atoms with E-state index in [4.69, 9.17) is 24.4 Å². The Kier molecular flexibility index (Phi) is 14.9. The fraction of sp³-hybridized carbons (Fsp3) is 0.300. The van der Waals surface area contributed by atoms with Gasteiger partial charge in [-0.25, -0.2) is 18.7 Å². The second-order valence-corrected chi connectivity index (χ2v) is 16.8. The zero-order chi connectivity index (χ0) is 48.6. The van der Waals surface area contributed by atoms with Gasteiger partial charge in [0.25, 0.3) is 11.5 Å². The second-order valence-electron chi connectivity index (χ2n) is 16.8. The van der Waals surface area contributed by atoms with Gasteiger partial charge in [0.05, 0.1) is 56.4 Å². The van der Waals surface area contributed by atoms with Gasteiger partial charge in [0, 0.05) is 86.5 Å². The number of amides is 1. The molecule has 0 saturated carbocycles. The van der Waals surface area contributed by atoms with Gasteiger partial charge in [0.15, 0.2) is 11.2 Å². The number of nitrogen functional groups attached to an aromatic ring is 1. The molecule has 0 radical (unpaired) electrons. The Bertz CT molecular complexity index is 3230. The Morgan fingerprint density at radius 1 is 0.899 bits per heavy atom. The first-order valence-corrected chi connectivity index (χ1v) is 22.5. The Balaban J connectivity index is 0.751. The number of anilines is 2. The Labute approximate surface area is 395 Å². The maximum Gasteiger partial charge on any atom is 0.336 e. The van der Waals surface area contributed by atoms with Crippen molar-refractivity contribution < 1.29 is 37.7 Å². The largest absolute Gasteiger partial charge is 0.478 e. The van der Waals surface area contributed by atoms with Crippen LogP contribution in [0.15, 0.2) is 100 Å². The first-order chi connectivity index (χ1) is 33.3. The lowest BCUT2D eigenvalue weighted by Gasteiger charge is -2.19. The number of rotatable bonds is 21. The molecule has 0 saturated heterocycles. The number of carbonyl (C=O) groups excluding carboxylic acids is 1. The molecule has 0 spiro atoms. The summed E-state index contributed by atoms with van der Waals surface area (Å²) in [4.78, 5) is 52.0. The fourth-order valence-corrected chi connectivity index (χ4v) is 7.91. The van der Waals surface area contributed by atoms with E-state index in [1.54, 1.807) is 39.7 Å². The third-order valence-electron chi connectivity index (χ3n) is 11.4. The van der Waals surface area contributed by atoms with Crippen LogP contribution in [-0.4, -0.2) is 121 Å². The molecule has 0 fully saturated rings. The molecular weight excluding hydrogens is 888 g/mol. The normalized spacial score (nSPS) is 11.5. The molecule has 0 bridgehead atoms. The van der Waals surface area contributed by atoms with Crippen LogP contribution >= 0.6 is 0 Å². The van der Waals surface area contributed by atoms with Gasteiger partial charge >= 0.3 is 5.97 Å². The van der Waals surface area contributed by atoms with E-state index in [0.717, 1.165) is 27.6 Å². The number of carboxylic acid groups (broad SMARTS) is 1. The number of fused-ring (bicyclic) bond motifs is 3. The van der Waals surface area contributed by atoms with Crippen molar-refractivity contribution in [2.75, 3.05) is 85.0 Å². The van der Waals surface area contributed by atoms with Crippen molar-refractivity contribution in [2.45, 2.75) is 25.9 Å². The van der Waals surface area contributed by atoms with Gasteiger partial charge in [-0.3, -0.25) is 19.3 Å². The van der Waals surface area contributed by atoms with Crippen LogP contribution in [0.2, 0.25) is 0 Å². The van der Waals surface area contributed by atoms with Crippen molar-refractivity contribution in [3.8, 4) is 33.8 Å². The lowest BCUT2D eigenvalue weighted by molar-refractivity contribution is 0.0133. The molecule has 1 aliphatic carbocycles. The van der Waals surface area contributed by atoms with E-state index in [-0.39, 0.29) is 40.9 Å². The van der Waals surface area contributed by atoms with Crippen LogP contribution in [0.5, 0.6) is 0 Å². The predicted molar refractivity (Wildman–Crippen MR) is 260 cm³/mol. The van der Waals surface area contributed by atoms with Crippen LogP contribution in [0, 0.1) is 5.82 Å². The average Bonchev–Trinajstić information content (AvgIpc) is 3.95. The number of hydrogen-bond donors (Lipinski definition) is 4. The molecule has 69 heavy (non-hydrogen) atoms. The maximum atomic E-state index is 13.6. The monoisotopic (exact) mass is 941 g/mol. The van der Waals surface area contributed by atoms with Crippen molar-refractivity contribution >= 4 is 45.6 Å². The summed E-state index contributed by atoms with van der Waals surface area (Å²) in [6.07, 6.45) is 4.73. The summed E-state index contributed by atoms with van der Waals surface area (Å²) in [5.74, 6) is -0.832. The molecule has 1 amide bonds. The summed E-state index contributed by atoms with van der Waals surface area (Å²) in [6, 6.07) is 22.5. The topological polar surface area (TPSA) is 221 Å². The summed E-state index contributed by atoms with van der Waals surface area (Å²) in [6.45, 7) is 3.63. The van der Waals surface area contributed by atoms with Crippen molar-refractivity contribution in [2.24, 2.45) is 0 Å². The van der Waals surface area contributed by atoms with E-state index in [9.17, 15) is 23.9 Å². The number of aromatic nitrogens is 6. The number of H-pyrrole nitrogens is 1. The SMILES string of the molecule is CN(C)c1ccc2c(-c3ccc(C(=O)NCCCOCCOCCOCCCn4cc(-c5nc6c(=O)[nH]c(N)nc6n5Cc5ccc(F)cc5)cn4)cc3C(=O)O)c3ccc(=[N+](C)C)cc-3oc2c1. The molecule has 4 heterocycles. The number of carbonyl (C=O) groups is 2. The minimum atomic E-state index is -1.15. The Hall–Kier alpha value is -7.74. The minimum Gasteiger partial charge on any atom is -0.478 e. The Morgan fingerprint density at radius 3 is 2.35 bits per heavy atom. The number of hydrogen-bond acceptors (Lipinski definition) is 12. The third-order valence-corrected chi connectivity index (χ3v) is 11.4. The molecule has 3 aromatic carbocycles. The molecule has 18 nitrogen and oxygen atoms in total. The van der Waals surface area contributed by atoms with Crippen LogP contribution < -0.4 is 31.4 Å². The van der Waals surface area contributed by atoms with Gasteiger partial charge in [-0.15, -0.1) is 0 Å². The first-order valence-electron chi connectivity index (χ1n) is 22.5. The van der Waals surface area contributed by atoms with E-state index in [1.807, 2.05) is 80.3 Å². The molecule has 8 rings (SSSR count). The zero-order valence-electron chi connectivity index (χ0n) is 38.8. The summed E-state index contributed by atoms with van der Waals surface area (Å²) >= 11 is 0. The smallest absolute Gasteiger partial charge is 0.336 e. The van der Waals surface area contributed by atoms with Gasteiger partial charge in [0.1, 0.15) is 37.1 Å². The van der Waals surface area contributed by atoms with Crippen molar-refractivity contribution in [1.29, 1.82) is 0 Å². The van der Waals surface area contributed by atoms with Crippen LogP contribution in [0.25, 0.3) is 56.0 Å². The number of imidazole rings is 1. The summed E-state index contributed by atoms with van der Waals surface area (Å²) in [7, 11) is 7.77. The lowest BCUT2D eigenvalue weighted by atomic mass is 9.89. The summed E-state index contributed by atoms with van der Waals surface area (Å²) < 4.78 is 42.6. The molecule has 0 atom stereocenters. The highest BCUT2D eigenvalue weighted by atomic mass is 19.1. The van der Waals surface area contributed by atoms with Crippen molar-refractivity contribution in [1.82, 2.24) is 39.2 Å². The number of carboxylic acids is 1. The molecule has 6 aromatic rings. The molecule has 5 N–H and O–H groups in total. The number of nitrogens with one attached hydrogen (secondary N) is 2. The van der Waals surface area contributed by atoms with Gasteiger partial charge in [-0.2, -0.15) is 10.1 Å². The highest BCUT2D eigenvalue weighted by Crippen LogP contribution is 2.42. The highest BCUT2D eigenvalue weighted by Gasteiger charge is 2.24. The van der Waals surface area contributed by atoms with E-state index >= 15 is 0 Å². The van der Waals surface area contributed by atoms with E-state index in [0.29, 0.717) is 105 Å². The fourth-order valence-electron chi connectivity index (χ4n) is 7.91. The molecule has 2 aliphatic rings. The van der Waals surface area contributed by atoms with Gasteiger partial charge < -0.3 is 44.3 Å². The van der Waals surface area contributed by atoms with Crippen LogP contribution in [0.3, 0.4) is 0 Å². The van der Waals surface area contributed by atoms with Crippen LogP contribution in [0.1, 0.15) is 39.1 Å². The van der Waals surface area contributed by atoms with Crippen LogP contribution in [-0.2, 0) is 27.3 Å². The number of halogens is 1. The van der Waals surface area contributed by atoms with Crippen molar-refractivity contribution in [3.05, 3.63) is 129 Å². The van der Waals surface area contributed by atoms with E-state index < -0.39 is 11.5 Å². The maximum absolute atomic E-state index is 13.6. The quantitative estimate of drug-likeness (QED) is 0.0407. The number of aromatic carboxylic acids is 1. The first kappa shape index (κ1) is 47.7. The summed E-state index contributed by atoms with van der Waals surface area (Å²) in [5, 5.41) is 19.5. The molecular formula is C50H54FN10O8+. The van der Waals surface area contributed by atoms with Gasteiger partial charge in [-0.1, -0.05) is 18.2 Å². The number of aromatic amines is 1. The number of nitrogens with two attached hydrogens (primary N) is 1. The van der Waals surface area contributed by atoms with E-state index in [2.05, 4.69) is 25.4 Å². The van der Waals surface area contributed by atoms with Gasteiger partial charge in [0.2, 0.25) is 11.3 Å². The number of nitrogens with zero attached hydrogens (tertiary/aromatic N) is 7. The third kappa shape index (κ3) is 11.2. The molecule has 358 valence electrons. The molecule has 0 unspecified atom stereocenters. The second kappa shape index (κ2) is 21.5. The predicted octanol–water partition coefficient (Wildman–Crippen LogP) is 5.33. The van der Waals surface area contributed by atoms with Crippen LogP contribution in [0.4, 0.5) is 16.0 Å². The highest BCUT2D eigenvalue weighted by molar-refractivity contribution is 6.09. The molecule has 1 aliphatic heterocycles. The average molecular weight is 942 g/mol. The lowest BCUT2D eigenvalue weighted by Crippen LogP contribution is -2.25. The number of benzene rings is 4. The van der Waals surface area contributed by atoms with E-state index in [1.165, 1.54) is 18.2 Å². The number of ether oxygens (including phenoxy) is 3. The standard InChI is InChI=1S/C50H53FN10O8/c1-58(2)35-12-15-38-41(26-35)69-42-27-36(59(3)4)13-16-39(42)43(38)37-14-9-32(25-40(37)49(64)65)47(62)53-17-5-19-66-21-23-68-24-22-67-20-6-18-60-30-33(28-54-60)45-55-44-46(56-50(52)57-48(44)63)61(45)29-31-7-10-34(51)11-8-31/h7-16,25-28,30H,5-6,17-24,29H2,1-4H3,(H4-,52,53,56,57,62,63,64,65)/p+1. The van der Waals surface area contributed by atoms with Crippen molar-refractivity contribution in [3.63, 3.8) is 0 Å². The minimum absolute atomic E-state index is 0.00436. The Morgan fingerprint density at radius 2 is 1.62 bits per heavy atom.